The van der Waals surface area contributed by atoms with Gasteiger partial charge in [-0.05, 0) is 70.9 Å². The Bertz CT molecular complexity index is 536. The first-order valence-electron chi connectivity index (χ1n) is 9.13. The van der Waals surface area contributed by atoms with Gasteiger partial charge in [0.2, 0.25) is 0 Å². The van der Waals surface area contributed by atoms with E-state index >= 15 is 0 Å². The van der Waals surface area contributed by atoms with E-state index in [4.69, 9.17) is 9.97 Å². The number of aryl methyl sites for hydroxylation is 2. The second kappa shape index (κ2) is 6.15. The highest BCUT2D eigenvalue weighted by Gasteiger charge is 2.29. The maximum atomic E-state index is 4.84. The van der Waals surface area contributed by atoms with Crippen LogP contribution in [0.4, 0.5) is 5.82 Å². The predicted molar refractivity (Wildman–Crippen MR) is 89.4 cm³/mol. The fourth-order valence-electron chi connectivity index (χ4n) is 4.46. The molecule has 3 heterocycles. The molecule has 0 bridgehead atoms. The number of nitrogens with zero attached hydrogens (tertiary/aromatic N) is 4. The van der Waals surface area contributed by atoms with Crippen LogP contribution in [0.15, 0.2) is 0 Å². The van der Waals surface area contributed by atoms with Crippen molar-refractivity contribution >= 4 is 5.82 Å². The molecule has 1 aromatic rings. The Balaban J connectivity index is 1.49. The van der Waals surface area contributed by atoms with Crippen molar-refractivity contribution < 1.29 is 0 Å². The maximum Gasteiger partial charge on any atom is 0.135 e. The topological polar surface area (TPSA) is 32.3 Å². The molecule has 0 saturated carbocycles. The summed E-state index contributed by atoms with van der Waals surface area (Å²) in [5.41, 5.74) is 2.79. The molecule has 1 unspecified atom stereocenters. The average Bonchev–Trinajstić information content (AvgIpc) is 3.19. The van der Waals surface area contributed by atoms with E-state index in [1.165, 1.54) is 88.3 Å². The van der Waals surface area contributed by atoms with Crippen LogP contribution in [0.1, 0.15) is 49.2 Å². The Morgan fingerprint density at radius 2 is 1.82 bits per heavy atom. The van der Waals surface area contributed by atoms with Gasteiger partial charge in [-0.1, -0.05) is 0 Å². The Kier molecular flexibility index (Phi) is 4.03. The van der Waals surface area contributed by atoms with E-state index in [9.17, 15) is 0 Å². The van der Waals surface area contributed by atoms with Crippen molar-refractivity contribution in [2.24, 2.45) is 5.92 Å². The van der Waals surface area contributed by atoms with Gasteiger partial charge in [-0.25, -0.2) is 9.97 Å². The number of hydrogen-bond donors (Lipinski definition) is 0. The third-order valence-corrected chi connectivity index (χ3v) is 5.57. The summed E-state index contributed by atoms with van der Waals surface area (Å²) in [5.74, 6) is 3.05. The number of rotatable bonds is 3. The molecule has 2 fully saturated rings. The lowest BCUT2D eigenvalue weighted by molar-refractivity contribution is 0.289. The molecule has 4 heteroatoms. The maximum absolute atomic E-state index is 4.84. The molecule has 2 saturated heterocycles. The molecule has 0 N–H and O–H groups in total. The smallest absolute Gasteiger partial charge is 0.135 e. The Morgan fingerprint density at radius 3 is 2.68 bits per heavy atom. The monoisotopic (exact) mass is 300 g/mol. The molecule has 1 atom stereocenters. The molecular weight excluding hydrogens is 272 g/mol. The van der Waals surface area contributed by atoms with E-state index in [1.807, 2.05) is 0 Å². The van der Waals surface area contributed by atoms with Crippen LogP contribution in [-0.4, -0.2) is 47.6 Å². The van der Waals surface area contributed by atoms with Gasteiger partial charge in [0.25, 0.3) is 0 Å². The first kappa shape index (κ1) is 14.4. The third kappa shape index (κ3) is 2.85. The van der Waals surface area contributed by atoms with Crippen molar-refractivity contribution in [2.45, 2.75) is 51.9 Å². The van der Waals surface area contributed by atoms with E-state index in [-0.39, 0.29) is 0 Å². The fraction of sp³-hybridized carbons (Fsp3) is 0.778. The highest BCUT2D eigenvalue weighted by atomic mass is 15.2. The summed E-state index contributed by atoms with van der Waals surface area (Å²) >= 11 is 0. The summed E-state index contributed by atoms with van der Waals surface area (Å²) < 4.78 is 0. The van der Waals surface area contributed by atoms with Gasteiger partial charge >= 0.3 is 0 Å². The zero-order valence-electron chi connectivity index (χ0n) is 13.9. The lowest BCUT2D eigenvalue weighted by Crippen LogP contribution is -2.30. The summed E-state index contributed by atoms with van der Waals surface area (Å²) in [6.45, 7) is 8.36. The molecule has 1 aromatic heterocycles. The minimum absolute atomic E-state index is 0.826. The normalized spacial score (nSPS) is 25.7. The van der Waals surface area contributed by atoms with Crippen LogP contribution < -0.4 is 4.90 Å². The Morgan fingerprint density at radius 1 is 1.00 bits per heavy atom. The summed E-state index contributed by atoms with van der Waals surface area (Å²) in [7, 11) is 0. The molecule has 0 amide bonds. The number of likely N-dealkylation sites (tertiary alicyclic amines) is 1. The SMILES string of the molecule is Cc1nc2c(c(N3CCC(CN4CCCC4)C3)n1)CCCC2. The van der Waals surface area contributed by atoms with Crippen molar-refractivity contribution in [3.63, 3.8) is 0 Å². The molecule has 22 heavy (non-hydrogen) atoms. The Labute approximate surface area is 133 Å². The van der Waals surface area contributed by atoms with Crippen molar-refractivity contribution in [2.75, 3.05) is 37.6 Å². The van der Waals surface area contributed by atoms with Crippen molar-refractivity contribution in [3.8, 4) is 0 Å². The van der Waals surface area contributed by atoms with Crippen LogP contribution in [0.25, 0.3) is 0 Å². The molecule has 4 nitrogen and oxygen atoms in total. The number of hydrogen-bond acceptors (Lipinski definition) is 4. The van der Waals surface area contributed by atoms with E-state index in [2.05, 4.69) is 16.7 Å². The van der Waals surface area contributed by atoms with Crippen LogP contribution in [0, 0.1) is 12.8 Å². The number of anilines is 1. The van der Waals surface area contributed by atoms with Gasteiger partial charge < -0.3 is 9.80 Å². The summed E-state index contributed by atoms with van der Waals surface area (Å²) in [6, 6.07) is 0. The average molecular weight is 300 g/mol. The van der Waals surface area contributed by atoms with Gasteiger partial charge in [-0.2, -0.15) is 0 Å². The summed E-state index contributed by atoms with van der Waals surface area (Å²) in [4.78, 5) is 14.8. The number of fused-ring (bicyclic) bond motifs is 1. The zero-order valence-corrected chi connectivity index (χ0v) is 13.9. The van der Waals surface area contributed by atoms with E-state index in [1.54, 1.807) is 0 Å². The van der Waals surface area contributed by atoms with Gasteiger partial charge in [0.1, 0.15) is 11.6 Å². The molecule has 120 valence electrons. The van der Waals surface area contributed by atoms with Crippen molar-refractivity contribution in [1.29, 1.82) is 0 Å². The molecule has 0 aromatic carbocycles. The van der Waals surface area contributed by atoms with Gasteiger partial charge in [-0.3, -0.25) is 0 Å². The second-order valence-corrected chi connectivity index (χ2v) is 7.34. The van der Waals surface area contributed by atoms with Gasteiger partial charge in [-0.15, -0.1) is 0 Å². The standard InChI is InChI=1S/C18H28N4/c1-14-19-17-7-3-2-6-16(17)18(20-14)22-11-8-15(13-22)12-21-9-4-5-10-21/h15H,2-13H2,1H3. The van der Waals surface area contributed by atoms with E-state index < -0.39 is 0 Å². The summed E-state index contributed by atoms with van der Waals surface area (Å²) in [5, 5.41) is 0. The largest absolute Gasteiger partial charge is 0.356 e. The minimum atomic E-state index is 0.826. The van der Waals surface area contributed by atoms with Crippen LogP contribution in [0.2, 0.25) is 0 Å². The first-order chi connectivity index (χ1) is 10.8. The van der Waals surface area contributed by atoms with Crippen LogP contribution in [-0.2, 0) is 12.8 Å². The second-order valence-electron chi connectivity index (χ2n) is 7.34. The fourth-order valence-corrected chi connectivity index (χ4v) is 4.46. The third-order valence-electron chi connectivity index (χ3n) is 5.57. The van der Waals surface area contributed by atoms with E-state index in [0.717, 1.165) is 18.2 Å². The molecule has 0 radical (unpaired) electrons. The molecule has 2 aliphatic heterocycles. The molecular formula is C18H28N4. The highest BCUT2D eigenvalue weighted by molar-refractivity contribution is 5.51. The van der Waals surface area contributed by atoms with Gasteiger partial charge in [0, 0.05) is 30.9 Å². The Hall–Kier alpha value is -1.16. The van der Waals surface area contributed by atoms with Crippen LogP contribution in [0.5, 0.6) is 0 Å². The van der Waals surface area contributed by atoms with Gasteiger partial charge in [0.05, 0.1) is 0 Å². The number of aromatic nitrogens is 2. The van der Waals surface area contributed by atoms with Gasteiger partial charge in [0.15, 0.2) is 0 Å². The molecule has 0 spiro atoms. The predicted octanol–water partition coefficient (Wildman–Crippen LogP) is 2.59. The molecule has 4 rings (SSSR count). The highest BCUT2D eigenvalue weighted by Crippen LogP contribution is 2.31. The molecule has 1 aliphatic carbocycles. The molecule has 3 aliphatic rings. The summed E-state index contributed by atoms with van der Waals surface area (Å²) in [6.07, 6.45) is 9.05. The van der Waals surface area contributed by atoms with Crippen LogP contribution >= 0.6 is 0 Å². The zero-order chi connectivity index (χ0) is 14.9. The van der Waals surface area contributed by atoms with Crippen LogP contribution in [0.3, 0.4) is 0 Å². The van der Waals surface area contributed by atoms with E-state index in [0.29, 0.717) is 0 Å². The quantitative estimate of drug-likeness (QED) is 0.859. The van der Waals surface area contributed by atoms with Crippen molar-refractivity contribution in [1.82, 2.24) is 14.9 Å². The first-order valence-corrected chi connectivity index (χ1v) is 9.13. The lowest BCUT2D eigenvalue weighted by Gasteiger charge is -2.26. The van der Waals surface area contributed by atoms with Crippen molar-refractivity contribution in [3.05, 3.63) is 17.1 Å². The lowest BCUT2D eigenvalue weighted by atomic mass is 9.96. The minimum Gasteiger partial charge on any atom is -0.356 e.